The molecule has 0 radical (unpaired) electrons. The topological polar surface area (TPSA) is 88.2 Å². The van der Waals surface area contributed by atoms with E-state index in [-0.39, 0.29) is 5.92 Å². The summed E-state index contributed by atoms with van der Waals surface area (Å²) in [7, 11) is 0. The van der Waals surface area contributed by atoms with Crippen LogP contribution in [0.2, 0.25) is 0 Å². The molecular formula is C8H11N3O3. The monoisotopic (exact) mass is 197 g/mol. The van der Waals surface area contributed by atoms with E-state index in [4.69, 9.17) is 5.11 Å². The van der Waals surface area contributed by atoms with Crippen LogP contribution >= 0.6 is 0 Å². The van der Waals surface area contributed by atoms with E-state index in [1.54, 1.807) is 0 Å². The van der Waals surface area contributed by atoms with E-state index >= 15 is 0 Å². The van der Waals surface area contributed by atoms with Crippen molar-refractivity contribution in [2.45, 2.75) is 25.4 Å². The third-order valence-corrected chi connectivity index (χ3v) is 2.25. The van der Waals surface area contributed by atoms with Gasteiger partial charge in [-0.25, -0.2) is 0 Å². The normalized spacial score (nSPS) is 18.0. The van der Waals surface area contributed by atoms with Gasteiger partial charge in [-0.2, -0.15) is 4.98 Å². The van der Waals surface area contributed by atoms with E-state index in [0.717, 1.165) is 12.8 Å². The van der Waals surface area contributed by atoms with E-state index in [9.17, 15) is 4.79 Å². The van der Waals surface area contributed by atoms with Crippen LogP contribution < -0.4 is 5.32 Å². The highest BCUT2D eigenvalue weighted by Crippen LogP contribution is 2.32. The average Bonchev–Trinajstić information content (AvgIpc) is 2.82. The van der Waals surface area contributed by atoms with Crippen molar-refractivity contribution in [1.82, 2.24) is 15.5 Å². The highest BCUT2D eigenvalue weighted by molar-refractivity contribution is 5.74. The van der Waals surface area contributed by atoms with E-state index in [1.165, 1.54) is 6.39 Å². The molecule has 14 heavy (non-hydrogen) atoms. The summed E-state index contributed by atoms with van der Waals surface area (Å²) in [5.41, 5.74) is 0. The van der Waals surface area contributed by atoms with Crippen LogP contribution in [0.1, 0.15) is 18.7 Å². The third-order valence-electron chi connectivity index (χ3n) is 2.25. The van der Waals surface area contributed by atoms with Gasteiger partial charge in [0.15, 0.2) is 5.82 Å². The fourth-order valence-electron chi connectivity index (χ4n) is 1.36. The van der Waals surface area contributed by atoms with Gasteiger partial charge in [0.05, 0.1) is 6.54 Å². The van der Waals surface area contributed by atoms with Gasteiger partial charge in [-0.15, -0.1) is 0 Å². The molecule has 1 unspecified atom stereocenters. The molecule has 6 nitrogen and oxygen atoms in total. The van der Waals surface area contributed by atoms with Gasteiger partial charge in [0.25, 0.3) is 0 Å². The predicted octanol–water partition coefficient (Wildman–Crippen LogP) is 0.0224. The number of carboxylic acids is 1. The van der Waals surface area contributed by atoms with Crippen LogP contribution in [0.3, 0.4) is 0 Å². The molecule has 0 saturated heterocycles. The number of rotatable bonds is 5. The van der Waals surface area contributed by atoms with Crippen LogP contribution in [0.5, 0.6) is 0 Å². The van der Waals surface area contributed by atoms with Crippen molar-refractivity contribution >= 4 is 5.97 Å². The van der Waals surface area contributed by atoms with Crippen molar-refractivity contribution in [3.8, 4) is 0 Å². The maximum absolute atomic E-state index is 10.8. The number of aromatic nitrogens is 2. The Labute approximate surface area is 80.3 Å². The molecule has 1 fully saturated rings. The van der Waals surface area contributed by atoms with Gasteiger partial charge in [-0.3, -0.25) is 10.1 Å². The molecule has 1 aliphatic rings. The SMILES string of the molecule is O=C(O)C(NCc1ncon1)C1CC1. The summed E-state index contributed by atoms with van der Waals surface area (Å²) in [6.45, 7) is 0.337. The first-order chi connectivity index (χ1) is 6.77. The first-order valence-corrected chi connectivity index (χ1v) is 4.49. The smallest absolute Gasteiger partial charge is 0.320 e. The summed E-state index contributed by atoms with van der Waals surface area (Å²) in [4.78, 5) is 14.6. The van der Waals surface area contributed by atoms with Crippen molar-refractivity contribution in [3.05, 3.63) is 12.2 Å². The molecule has 0 bridgehead atoms. The minimum Gasteiger partial charge on any atom is -0.480 e. The summed E-state index contributed by atoms with van der Waals surface area (Å²) in [5, 5.41) is 15.4. The molecule has 1 saturated carbocycles. The Morgan fingerprint density at radius 1 is 1.79 bits per heavy atom. The Kier molecular flexibility index (Phi) is 2.45. The summed E-state index contributed by atoms with van der Waals surface area (Å²) in [5.74, 6) is -0.0627. The lowest BCUT2D eigenvalue weighted by atomic mass is 10.2. The second-order valence-corrected chi connectivity index (χ2v) is 3.38. The number of nitrogens with zero attached hydrogens (tertiary/aromatic N) is 2. The summed E-state index contributed by atoms with van der Waals surface area (Å²) >= 11 is 0. The molecule has 6 heteroatoms. The van der Waals surface area contributed by atoms with Crippen molar-refractivity contribution in [2.75, 3.05) is 0 Å². The van der Waals surface area contributed by atoms with E-state index in [1.807, 2.05) is 0 Å². The molecule has 0 aliphatic heterocycles. The number of carboxylic acid groups (broad SMARTS) is 1. The molecule has 1 aliphatic carbocycles. The van der Waals surface area contributed by atoms with Crippen LogP contribution in [-0.4, -0.2) is 27.3 Å². The Morgan fingerprint density at radius 2 is 2.57 bits per heavy atom. The van der Waals surface area contributed by atoms with Gasteiger partial charge >= 0.3 is 5.97 Å². The fraction of sp³-hybridized carbons (Fsp3) is 0.625. The Balaban J connectivity index is 1.85. The highest BCUT2D eigenvalue weighted by Gasteiger charge is 2.35. The number of nitrogens with one attached hydrogen (secondary N) is 1. The lowest BCUT2D eigenvalue weighted by Gasteiger charge is -2.11. The summed E-state index contributed by atoms with van der Waals surface area (Å²) in [6.07, 6.45) is 3.19. The number of hydrogen-bond donors (Lipinski definition) is 2. The summed E-state index contributed by atoms with van der Waals surface area (Å²) < 4.78 is 4.53. The third kappa shape index (κ3) is 2.08. The summed E-state index contributed by atoms with van der Waals surface area (Å²) in [6, 6.07) is -0.478. The molecule has 0 spiro atoms. The van der Waals surface area contributed by atoms with E-state index in [0.29, 0.717) is 12.4 Å². The molecule has 1 heterocycles. The van der Waals surface area contributed by atoms with Crippen molar-refractivity contribution in [1.29, 1.82) is 0 Å². The zero-order chi connectivity index (χ0) is 9.97. The highest BCUT2D eigenvalue weighted by atomic mass is 16.5. The molecule has 2 N–H and O–H groups in total. The second kappa shape index (κ2) is 3.75. The van der Waals surface area contributed by atoms with Crippen LogP contribution in [0, 0.1) is 5.92 Å². The molecule has 0 aromatic carbocycles. The molecule has 2 rings (SSSR count). The van der Waals surface area contributed by atoms with Crippen LogP contribution in [0.15, 0.2) is 10.9 Å². The first-order valence-electron chi connectivity index (χ1n) is 4.49. The Bertz CT molecular complexity index is 308. The maximum Gasteiger partial charge on any atom is 0.320 e. The Morgan fingerprint density at radius 3 is 3.07 bits per heavy atom. The van der Waals surface area contributed by atoms with Crippen LogP contribution in [0.25, 0.3) is 0 Å². The fourth-order valence-corrected chi connectivity index (χ4v) is 1.36. The molecule has 1 aromatic heterocycles. The predicted molar refractivity (Wildman–Crippen MR) is 45.3 cm³/mol. The van der Waals surface area contributed by atoms with Crippen molar-refractivity contribution in [3.63, 3.8) is 0 Å². The zero-order valence-corrected chi connectivity index (χ0v) is 7.51. The van der Waals surface area contributed by atoms with Crippen LogP contribution in [0.4, 0.5) is 0 Å². The minimum atomic E-state index is -0.809. The molecule has 0 amide bonds. The first kappa shape index (κ1) is 9.14. The molecule has 1 atom stereocenters. The van der Waals surface area contributed by atoms with Gasteiger partial charge in [-0.1, -0.05) is 5.16 Å². The largest absolute Gasteiger partial charge is 0.480 e. The van der Waals surface area contributed by atoms with E-state index in [2.05, 4.69) is 20.0 Å². The van der Waals surface area contributed by atoms with Gasteiger partial charge in [0, 0.05) is 0 Å². The average molecular weight is 197 g/mol. The number of carbonyl (C=O) groups is 1. The lowest BCUT2D eigenvalue weighted by molar-refractivity contribution is -0.140. The quantitative estimate of drug-likeness (QED) is 0.692. The minimum absolute atomic E-state index is 0.263. The van der Waals surface area contributed by atoms with Gasteiger partial charge in [0.1, 0.15) is 6.04 Å². The van der Waals surface area contributed by atoms with Gasteiger partial charge in [-0.05, 0) is 18.8 Å². The van der Waals surface area contributed by atoms with Gasteiger partial charge < -0.3 is 9.63 Å². The molecular weight excluding hydrogens is 186 g/mol. The van der Waals surface area contributed by atoms with Crippen molar-refractivity contribution in [2.24, 2.45) is 5.92 Å². The number of aliphatic carboxylic acids is 1. The van der Waals surface area contributed by atoms with Crippen molar-refractivity contribution < 1.29 is 14.4 Å². The standard InChI is InChI=1S/C8H11N3O3/c12-8(13)7(5-1-2-5)9-3-6-10-4-14-11-6/h4-5,7,9H,1-3H2,(H,12,13). The van der Waals surface area contributed by atoms with E-state index < -0.39 is 12.0 Å². The second-order valence-electron chi connectivity index (χ2n) is 3.38. The number of hydrogen-bond acceptors (Lipinski definition) is 5. The molecule has 1 aromatic rings. The lowest BCUT2D eigenvalue weighted by Crippen LogP contribution is -2.38. The van der Waals surface area contributed by atoms with Crippen LogP contribution in [-0.2, 0) is 11.3 Å². The maximum atomic E-state index is 10.8. The molecule has 76 valence electrons. The van der Waals surface area contributed by atoms with Gasteiger partial charge in [0.2, 0.25) is 6.39 Å². The Hall–Kier alpha value is -1.43. The zero-order valence-electron chi connectivity index (χ0n) is 7.51.